The standard InChI is InChI=1S/C12H16Cl2N2O3S.ClH/c1-19-11-6-10(14)12(7-9(11)13)20(17,18)16-8-2-4-15-5-3-8;/h6-8,15-16H,2-5H2,1H3;1H. The zero-order chi connectivity index (χ0) is 14.8. The van der Waals surface area contributed by atoms with Crippen LogP contribution < -0.4 is 14.8 Å². The number of methoxy groups -OCH3 is 1. The molecule has 0 bridgehead atoms. The van der Waals surface area contributed by atoms with Gasteiger partial charge in [0.05, 0.1) is 17.2 Å². The van der Waals surface area contributed by atoms with Crippen molar-refractivity contribution in [3.05, 3.63) is 22.2 Å². The van der Waals surface area contributed by atoms with Crippen LogP contribution in [0.1, 0.15) is 12.8 Å². The van der Waals surface area contributed by atoms with Gasteiger partial charge in [-0.3, -0.25) is 0 Å². The maximum Gasteiger partial charge on any atom is 0.242 e. The summed E-state index contributed by atoms with van der Waals surface area (Å²) in [6.45, 7) is 1.59. The second-order valence-electron chi connectivity index (χ2n) is 4.56. The Labute approximate surface area is 140 Å². The van der Waals surface area contributed by atoms with Gasteiger partial charge in [0.2, 0.25) is 10.0 Å². The van der Waals surface area contributed by atoms with Crippen molar-refractivity contribution >= 4 is 45.6 Å². The van der Waals surface area contributed by atoms with Gasteiger partial charge < -0.3 is 10.1 Å². The van der Waals surface area contributed by atoms with Gasteiger partial charge in [0.15, 0.2) is 0 Å². The fourth-order valence-electron chi connectivity index (χ4n) is 2.10. The Hall–Kier alpha value is -0.240. The summed E-state index contributed by atoms with van der Waals surface area (Å²) in [5, 5.41) is 3.48. The molecule has 5 nitrogen and oxygen atoms in total. The molecular formula is C12H17Cl3N2O3S. The molecule has 1 aliphatic rings. The third-order valence-corrected chi connectivity index (χ3v) is 5.44. The molecule has 9 heteroatoms. The van der Waals surface area contributed by atoms with Gasteiger partial charge in [-0.15, -0.1) is 12.4 Å². The van der Waals surface area contributed by atoms with E-state index >= 15 is 0 Å². The van der Waals surface area contributed by atoms with Crippen molar-refractivity contribution in [2.75, 3.05) is 20.2 Å². The Morgan fingerprint density at radius 3 is 2.43 bits per heavy atom. The van der Waals surface area contributed by atoms with Crippen LogP contribution in [0, 0.1) is 0 Å². The van der Waals surface area contributed by atoms with E-state index in [2.05, 4.69) is 10.0 Å². The van der Waals surface area contributed by atoms with Crippen LogP contribution in [0.15, 0.2) is 17.0 Å². The molecule has 1 aromatic rings. The number of benzene rings is 1. The minimum absolute atomic E-state index is 0. The monoisotopic (exact) mass is 374 g/mol. The number of hydrogen-bond acceptors (Lipinski definition) is 4. The summed E-state index contributed by atoms with van der Waals surface area (Å²) in [7, 11) is -2.24. The van der Waals surface area contributed by atoms with E-state index in [1.54, 1.807) is 0 Å². The van der Waals surface area contributed by atoms with Gasteiger partial charge in [-0.25, -0.2) is 13.1 Å². The van der Waals surface area contributed by atoms with E-state index in [-0.39, 0.29) is 33.4 Å². The zero-order valence-corrected chi connectivity index (χ0v) is 14.5. The molecular weight excluding hydrogens is 359 g/mol. The molecule has 1 aliphatic heterocycles. The molecule has 1 heterocycles. The fourth-order valence-corrected chi connectivity index (χ4v) is 4.25. The highest BCUT2D eigenvalue weighted by molar-refractivity contribution is 7.89. The van der Waals surface area contributed by atoms with Crippen molar-refractivity contribution in [3.8, 4) is 5.75 Å². The molecule has 1 aromatic carbocycles. The second kappa shape index (κ2) is 7.85. The number of piperidine rings is 1. The highest BCUT2D eigenvalue weighted by atomic mass is 35.5. The van der Waals surface area contributed by atoms with Gasteiger partial charge in [0.1, 0.15) is 10.6 Å². The summed E-state index contributed by atoms with van der Waals surface area (Å²) < 4.78 is 32.4. The van der Waals surface area contributed by atoms with Gasteiger partial charge >= 0.3 is 0 Å². The molecule has 2 N–H and O–H groups in total. The Balaban J connectivity index is 0.00000220. The van der Waals surface area contributed by atoms with Crippen LogP contribution in [0.5, 0.6) is 5.75 Å². The third-order valence-electron chi connectivity index (χ3n) is 3.16. The first-order valence-corrected chi connectivity index (χ1v) is 8.44. The Morgan fingerprint density at radius 1 is 1.24 bits per heavy atom. The minimum atomic E-state index is -3.69. The molecule has 0 saturated carbocycles. The van der Waals surface area contributed by atoms with Gasteiger partial charge in [0, 0.05) is 12.1 Å². The lowest BCUT2D eigenvalue weighted by molar-refractivity contribution is 0.414. The van der Waals surface area contributed by atoms with Gasteiger partial charge in [-0.05, 0) is 32.0 Å². The van der Waals surface area contributed by atoms with Crippen molar-refractivity contribution in [1.82, 2.24) is 10.0 Å². The molecule has 1 fully saturated rings. The van der Waals surface area contributed by atoms with Gasteiger partial charge in [-0.1, -0.05) is 23.2 Å². The van der Waals surface area contributed by atoms with E-state index < -0.39 is 10.0 Å². The molecule has 0 spiro atoms. The van der Waals surface area contributed by atoms with Crippen molar-refractivity contribution in [3.63, 3.8) is 0 Å². The molecule has 120 valence electrons. The number of halogens is 3. The van der Waals surface area contributed by atoms with E-state index in [4.69, 9.17) is 27.9 Å². The quantitative estimate of drug-likeness (QED) is 0.848. The Morgan fingerprint density at radius 2 is 1.86 bits per heavy atom. The van der Waals surface area contributed by atoms with E-state index in [1.165, 1.54) is 19.2 Å². The lowest BCUT2D eigenvalue weighted by atomic mass is 10.1. The molecule has 0 aromatic heterocycles. The number of rotatable bonds is 4. The average molecular weight is 376 g/mol. The number of sulfonamides is 1. The lowest BCUT2D eigenvalue weighted by Crippen LogP contribution is -2.42. The van der Waals surface area contributed by atoms with Crippen LogP contribution in [0.25, 0.3) is 0 Å². The van der Waals surface area contributed by atoms with E-state index in [1.807, 2.05) is 0 Å². The topological polar surface area (TPSA) is 67.4 Å². The van der Waals surface area contributed by atoms with Crippen molar-refractivity contribution in [1.29, 1.82) is 0 Å². The molecule has 0 atom stereocenters. The van der Waals surface area contributed by atoms with Crippen LogP contribution >= 0.6 is 35.6 Å². The minimum Gasteiger partial charge on any atom is -0.495 e. The van der Waals surface area contributed by atoms with E-state index in [0.717, 1.165) is 25.9 Å². The summed E-state index contributed by atoms with van der Waals surface area (Å²) >= 11 is 12.0. The Bertz CT molecular complexity index is 590. The van der Waals surface area contributed by atoms with Crippen molar-refractivity contribution < 1.29 is 13.2 Å². The van der Waals surface area contributed by atoms with Crippen LogP contribution in [-0.4, -0.2) is 34.7 Å². The summed E-state index contributed by atoms with van der Waals surface area (Å²) in [6, 6.07) is 2.63. The summed E-state index contributed by atoms with van der Waals surface area (Å²) in [6.07, 6.45) is 1.50. The average Bonchev–Trinajstić information content (AvgIpc) is 2.41. The normalized spacial score (nSPS) is 16.3. The third kappa shape index (κ3) is 4.61. The predicted octanol–water partition coefficient (Wildman–Crippen LogP) is 2.45. The van der Waals surface area contributed by atoms with Crippen LogP contribution in [0.4, 0.5) is 0 Å². The maximum absolute atomic E-state index is 12.4. The molecule has 21 heavy (non-hydrogen) atoms. The largest absolute Gasteiger partial charge is 0.495 e. The summed E-state index contributed by atoms with van der Waals surface area (Å²) in [4.78, 5) is -0.0245. The predicted molar refractivity (Wildman–Crippen MR) is 86.5 cm³/mol. The number of nitrogens with one attached hydrogen (secondary N) is 2. The first-order chi connectivity index (χ1) is 9.44. The zero-order valence-electron chi connectivity index (χ0n) is 11.4. The highest BCUT2D eigenvalue weighted by Gasteiger charge is 2.25. The first-order valence-electron chi connectivity index (χ1n) is 6.20. The smallest absolute Gasteiger partial charge is 0.242 e. The lowest BCUT2D eigenvalue weighted by Gasteiger charge is -2.23. The molecule has 0 amide bonds. The van der Waals surface area contributed by atoms with E-state index in [0.29, 0.717) is 5.75 Å². The fraction of sp³-hybridized carbons (Fsp3) is 0.500. The van der Waals surface area contributed by atoms with Crippen molar-refractivity contribution in [2.45, 2.75) is 23.8 Å². The highest BCUT2D eigenvalue weighted by Crippen LogP contribution is 2.33. The van der Waals surface area contributed by atoms with Crippen LogP contribution in [0.3, 0.4) is 0 Å². The summed E-state index contributed by atoms with van der Waals surface area (Å²) in [5.74, 6) is 0.345. The molecule has 0 radical (unpaired) electrons. The number of ether oxygens (including phenoxy) is 1. The Kier molecular flexibility index (Phi) is 7.03. The first kappa shape index (κ1) is 18.8. The molecule has 2 rings (SSSR count). The molecule has 1 saturated heterocycles. The molecule has 0 aliphatic carbocycles. The van der Waals surface area contributed by atoms with Gasteiger partial charge in [-0.2, -0.15) is 0 Å². The van der Waals surface area contributed by atoms with Crippen LogP contribution in [0.2, 0.25) is 10.0 Å². The van der Waals surface area contributed by atoms with Crippen LogP contribution in [-0.2, 0) is 10.0 Å². The second-order valence-corrected chi connectivity index (χ2v) is 7.06. The maximum atomic E-state index is 12.4. The van der Waals surface area contributed by atoms with Crippen molar-refractivity contribution in [2.24, 2.45) is 0 Å². The summed E-state index contributed by atoms with van der Waals surface area (Å²) in [5.41, 5.74) is 0. The SMILES string of the molecule is COc1cc(Cl)c(S(=O)(=O)NC2CCNCC2)cc1Cl.Cl. The molecule has 0 unspecified atom stereocenters. The van der Waals surface area contributed by atoms with E-state index in [9.17, 15) is 8.42 Å². The number of hydrogen-bond donors (Lipinski definition) is 2. The van der Waals surface area contributed by atoms with Gasteiger partial charge in [0.25, 0.3) is 0 Å².